The number of alkyl carbamates (subject to hydrolysis) is 1. The Bertz CT molecular complexity index is 1430. The molecule has 0 spiro atoms. The SMILES string of the molecule is O=C(O)COCC(=O)NCCOCCOCCOCCOCCOCCOCCOCCOCCOCCOCCOCCCNC(=O)OCC1c2ccccc2-c2ccccc21. The van der Waals surface area contributed by atoms with Crippen LogP contribution in [0.2, 0.25) is 0 Å². The Morgan fingerprint density at radius 3 is 1.19 bits per heavy atom. The summed E-state index contributed by atoms with van der Waals surface area (Å²) in [7, 11) is 0. The number of fused-ring (bicyclic) bond motifs is 3. The zero-order valence-electron chi connectivity index (χ0n) is 36.5. The Hall–Kier alpha value is -3.83. The van der Waals surface area contributed by atoms with Gasteiger partial charge in [0.05, 0.1) is 139 Å². The number of nitrogens with one attached hydrogen (secondary N) is 2. The lowest BCUT2D eigenvalue weighted by atomic mass is 9.98. The summed E-state index contributed by atoms with van der Waals surface area (Å²) in [5, 5.41) is 13.8. The van der Waals surface area contributed by atoms with Gasteiger partial charge < -0.3 is 77.3 Å². The smallest absolute Gasteiger partial charge is 0.407 e. The van der Waals surface area contributed by atoms with Crippen molar-refractivity contribution in [3.8, 4) is 11.1 Å². The van der Waals surface area contributed by atoms with Crippen LogP contribution in [0, 0.1) is 0 Å². The van der Waals surface area contributed by atoms with Gasteiger partial charge in [0.15, 0.2) is 0 Å². The highest BCUT2D eigenvalue weighted by molar-refractivity contribution is 5.79. The van der Waals surface area contributed by atoms with Gasteiger partial charge in [0.25, 0.3) is 0 Å². The van der Waals surface area contributed by atoms with Gasteiger partial charge in [-0.3, -0.25) is 4.79 Å². The minimum Gasteiger partial charge on any atom is -0.480 e. The maximum atomic E-state index is 12.3. The summed E-state index contributed by atoms with van der Waals surface area (Å²) < 4.78 is 70.5. The number of hydrogen-bond donors (Lipinski definition) is 3. The second-order valence-electron chi connectivity index (χ2n) is 13.6. The highest BCUT2D eigenvalue weighted by Gasteiger charge is 2.29. The van der Waals surface area contributed by atoms with E-state index in [1.807, 2.05) is 24.3 Å². The van der Waals surface area contributed by atoms with E-state index in [0.29, 0.717) is 171 Å². The number of aliphatic carboxylic acids is 1. The van der Waals surface area contributed by atoms with Gasteiger partial charge in [-0.2, -0.15) is 0 Å². The zero-order valence-corrected chi connectivity index (χ0v) is 36.5. The molecule has 0 saturated heterocycles. The van der Waals surface area contributed by atoms with E-state index in [4.69, 9.17) is 61.9 Å². The van der Waals surface area contributed by atoms with Crippen molar-refractivity contribution in [2.45, 2.75) is 12.3 Å². The lowest BCUT2D eigenvalue weighted by Crippen LogP contribution is -2.31. The van der Waals surface area contributed by atoms with Crippen molar-refractivity contribution in [2.24, 2.45) is 0 Å². The highest BCUT2D eigenvalue weighted by atomic mass is 16.6. The highest BCUT2D eigenvalue weighted by Crippen LogP contribution is 2.44. The topological polar surface area (TPSA) is 215 Å². The summed E-state index contributed by atoms with van der Waals surface area (Å²) >= 11 is 0. The number of carboxylic acids is 1. The number of ether oxygens (including phenoxy) is 13. The fourth-order valence-electron chi connectivity index (χ4n) is 5.86. The molecule has 0 fully saturated rings. The first-order valence-corrected chi connectivity index (χ1v) is 21.6. The van der Waals surface area contributed by atoms with Crippen LogP contribution in [0.25, 0.3) is 11.1 Å². The van der Waals surface area contributed by atoms with Gasteiger partial charge in [0.2, 0.25) is 5.91 Å². The van der Waals surface area contributed by atoms with Crippen molar-refractivity contribution in [1.29, 1.82) is 0 Å². The molecule has 356 valence electrons. The average molecular weight is 897 g/mol. The number of rotatable bonds is 43. The summed E-state index contributed by atoms with van der Waals surface area (Å²) in [6.45, 7) is 10.1. The summed E-state index contributed by atoms with van der Waals surface area (Å²) in [5.74, 6) is -1.49. The largest absolute Gasteiger partial charge is 0.480 e. The van der Waals surface area contributed by atoms with E-state index < -0.39 is 24.6 Å². The van der Waals surface area contributed by atoms with Gasteiger partial charge in [0.1, 0.15) is 19.8 Å². The lowest BCUT2D eigenvalue weighted by molar-refractivity contribution is -0.143. The third-order valence-corrected chi connectivity index (χ3v) is 8.83. The van der Waals surface area contributed by atoms with E-state index in [1.165, 1.54) is 22.3 Å². The number of benzene rings is 2. The molecule has 0 atom stereocenters. The van der Waals surface area contributed by atoms with E-state index in [2.05, 4.69) is 39.6 Å². The Balaban J connectivity index is 0.916. The van der Waals surface area contributed by atoms with E-state index in [-0.39, 0.29) is 12.5 Å². The number of amides is 2. The van der Waals surface area contributed by atoms with E-state index in [0.717, 1.165) is 0 Å². The third kappa shape index (κ3) is 27.2. The second kappa shape index (κ2) is 37.5. The fraction of sp³-hybridized carbons (Fsp3) is 0.659. The molecule has 19 nitrogen and oxygen atoms in total. The molecule has 2 aromatic rings. The average Bonchev–Trinajstić information content (AvgIpc) is 3.61. The monoisotopic (exact) mass is 896 g/mol. The standard InChI is InChI=1S/C44H68N2O17/c47-42(35-62-36-43(48)49)45-11-13-52-15-17-54-19-21-56-23-25-58-27-29-60-31-33-61-32-30-59-28-26-57-24-22-55-20-18-53-16-14-51-12-5-10-46-44(50)63-34-41-39-8-3-1-6-37(39)38-7-2-4-9-40(38)41/h1-4,6-9,41H,5,10-36H2,(H,45,47)(H,46,50)(H,48,49). The first kappa shape index (κ1) is 53.5. The maximum absolute atomic E-state index is 12.3. The quantitative estimate of drug-likeness (QED) is 0.0815. The Morgan fingerprint density at radius 1 is 0.429 bits per heavy atom. The molecule has 0 aromatic heterocycles. The molecule has 19 heteroatoms. The van der Waals surface area contributed by atoms with Crippen LogP contribution >= 0.6 is 0 Å². The summed E-state index contributed by atoms with van der Waals surface area (Å²) in [6, 6.07) is 16.5. The normalized spacial score (nSPS) is 12.0. The van der Waals surface area contributed by atoms with Crippen molar-refractivity contribution in [2.75, 3.05) is 178 Å². The van der Waals surface area contributed by atoms with Crippen LogP contribution in [-0.4, -0.2) is 201 Å². The van der Waals surface area contributed by atoms with E-state index in [9.17, 15) is 14.4 Å². The molecular weight excluding hydrogens is 828 g/mol. The van der Waals surface area contributed by atoms with Crippen LogP contribution in [0.3, 0.4) is 0 Å². The summed E-state index contributed by atoms with van der Waals surface area (Å²) in [6.07, 6.45) is 0.250. The molecule has 63 heavy (non-hydrogen) atoms. The maximum Gasteiger partial charge on any atom is 0.407 e. The number of hydrogen-bond acceptors (Lipinski definition) is 16. The number of carbonyl (C=O) groups is 3. The second-order valence-corrected chi connectivity index (χ2v) is 13.6. The van der Waals surface area contributed by atoms with E-state index in [1.54, 1.807) is 0 Å². The van der Waals surface area contributed by atoms with Crippen LogP contribution in [0.4, 0.5) is 4.79 Å². The number of carbonyl (C=O) groups excluding carboxylic acids is 2. The van der Waals surface area contributed by atoms with Crippen molar-refractivity contribution in [3.63, 3.8) is 0 Å². The minimum atomic E-state index is -1.13. The van der Waals surface area contributed by atoms with Crippen molar-refractivity contribution in [1.82, 2.24) is 10.6 Å². The Labute approximate surface area is 370 Å². The van der Waals surface area contributed by atoms with Gasteiger partial charge in [-0.25, -0.2) is 9.59 Å². The molecule has 0 saturated carbocycles. The molecule has 2 amide bonds. The van der Waals surface area contributed by atoms with Gasteiger partial charge in [-0.1, -0.05) is 48.5 Å². The lowest BCUT2D eigenvalue weighted by Gasteiger charge is -2.14. The van der Waals surface area contributed by atoms with Crippen molar-refractivity contribution in [3.05, 3.63) is 59.7 Å². The molecule has 1 aliphatic rings. The van der Waals surface area contributed by atoms with E-state index >= 15 is 0 Å². The molecule has 0 heterocycles. The Kier molecular flexibility index (Phi) is 31.9. The van der Waals surface area contributed by atoms with Gasteiger partial charge >= 0.3 is 12.1 Å². The van der Waals surface area contributed by atoms with Gasteiger partial charge in [-0.05, 0) is 28.7 Å². The number of carboxylic acid groups (broad SMARTS) is 1. The Morgan fingerprint density at radius 2 is 0.794 bits per heavy atom. The molecule has 0 aliphatic heterocycles. The van der Waals surface area contributed by atoms with Crippen molar-refractivity contribution < 1.29 is 81.1 Å². The van der Waals surface area contributed by atoms with Gasteiger partial charge in [-0.15, -0.1) is 0 Å². The molecule has 0 radical (unpaired) electrons. The van der Waals surface area contributed by atoms with Gasteiger partial charge in [0, 0.05) is 25.6 Å². The van der Waals surface area contributed by atoms with Crippen LogP contribution in [0.15, 0.2) is 48.5 Å². The molecular formula is C44H68N2O17. The molecule has 2 aromatic carbocycles. The first-order chi connectivity index (χ1) is 31.1. The van der Waals surface area contributed by atoms with Crippen LogP contribution in [-0.2, 0) is 71.2 Å². The van der Waals surface area contributed by atoms with Crippen LogP contribution in [0.1, 0.15) is 23.5 Å². The zero-order chi connectivity index (χ0) is 44.7. The predicted octanol–water partition coefficient (Wildman–Crippen LogP) is 2.32. The fourth-order valence-corrected chi connectivity index (χ4v) is 5.86. The third-order valence-electron chi connectivity index (χ3n) is 8.83. The summed E-state index contributed by atoms with van der Waals surface area (Å²) in [4.78, 5) is 34.0. The predicted molar refractivity (Wildman–Crippen MR) is 228 cm³/mol. The molecule has 3 N–H and O–H groups in total. The first-order valence-electron chi connectivity index (χ1n) is 21.6. The molecule has 0 unspecified atom stereocenters. The minimum absolute atomic E-state index is 0.0407. The molecule has 1 aliphatic carbocycles. The van der Waals surface area contributed by atoms with Crippen LogP contribution < -0.4 is 10.6 Å². The van der Waals surface area contributed by atoms with Crippen molar-refractivity contribution >= 4 is 18.0 Å². The molecule has 3 rings (SSSR count). The molecule has 0 bridgehead atoms. The van der Waals surface area contributed by atoms with Crippen LogP contribution in [0.5, 0.6) is 0 Å². The summed E-state index contributed by atoms with van der Waals surface area (Å²) in [5.41, 5.74) is 4.78.